The molecule has 0 bridgehead atoms. The fraction of sp³-hybridized carbons (Fsp3) is 0. The number of rotatable bonds is 7. The third-order valence-corrected chi connectivity index (χ3v) is 11.8. The molecular formula is C56H36N6. The van der Waals surface area contributed by atoms with Crippen molar-refractivity contribution in [1.29, 1.82) is 0 Å². The summed E-state index contributed by atoms with van der Waals surface area (Å²) in [4.78, 5) is 20.8. The lowest BCUT2D eigenvalue weighted by Gasteiger charge is -2.12. The number of fused-ring (bicyclic) bond motifs is 7. The molecule has 0 saturated heterocycles. The predicted octanol–water partition coefficient (Wildman–Crippen LogP) is 13.8. The zero-order chi connectivity index (χ0) is 41.0. The van der Waals surface area contributed by atoms with Gasteiger partial charge in [0, 0.05) is 49.5 Å². The first-order chi connectivity index (χ1) is 30.7. The van der Waals surface area contributed by atoms with Gasteiger partial charge in [0.25, 0.3) is 0 Å². The number of benzene rings is 8. The Hall–Kier alpha value is -8.48. The molecule has 0 aliphatic rings. The average molecular weight is 793 g/mol. The van der Waals surface area contributed by atoms with Gasteiger partial charge in [-0.3, -0.25) is 4.57 Å². The second-order valence-electron chi connectivity index (χ2n) is 15.5. The molecule has 0 atom stereocenters. The number of nitrogens with zero attached hydrogens (tertiary/aromatic N) is 6. The van der Waals surface area contributed by atoms with Crippen molar-refractivity contribution in [3.8, 4) is 68.1 Å². The van der Waals surface area contributed by atoms with E-state index in [-0.39, 0.29) is 0 Å². The van der Waals surface area contributed by atoms with Crippen LogP contribution in [0.1, 0.15) is 0 Å². The summed E-state index contributed by atoms with van der Waals surface area (Å²) in [6, 6.07) is 76.1. The van der Waals surface area contributed by atoms with E-state index >= 15 is 0 Å². The number of pyridine rings is 1. The van der Waals surface area contributed by atoms with E-state index in [9.17, 15) is 0 Å². The normalized spacial score (nSPS) is 11.5. The van der Waals surface area contributed by atoms with Gasteiger partial charge in [-0.2, -0.15) is 9.97 Å². The van der Waals surface area contributed by atoms with Gasteiger partial charge < -0.3 is 4.57 Å². The molecule has 0 N–H and O–H groups in total. The Morgan fingerprint density at radius 3 is 1.60 bits per heavy atom. The first-order valence-electron chi connectivity index (χ1n) is 20.8. The summed E-state index contributed by atoms with van der Waals surface area (Å²) in [7, 11) is 0. The third-order valence-electron chi connectivity index (χ3n) is 11.8. The fourth-order valence-corrected chi connectivity index (χ4v) is 8.94. The second-order valence-corrected chi connectivity index (χ2v) is 15.5. The van der Waals surface area contributed by atoms with Crippen molar-refractivity contribution in [2.75, 3.05) is 0 Å². The molecule has 12 aromatic rings. The van der Waals surface area contributed by atoms with Crippen LogP contribution in [-0.2, 0) is 0 Å². The molecule has 6 heteroatoms. The summed E-state index contributed by atoms with van der Waals surface area (Å²) in [5.41, 5.74) is 13.4. The molecule has 0 aliphatic carbocycles. The molecule has 62 heavy (non-hydrogen) atoms. The van der Waals surface area contributed by atoms with Gasteiger partial charge >= 0.3 is 0 Å². The van der Waals surface area contributed by atoms with Gasteiger partial charge in [-0.1, -0.05) is 170 Å². The van der Waals surface area contributed by atoms with Crippen LogP contribution in [0.15, 0.2) is 218 Å². The number of aromatic nitrogens is 6. The molecule has 0 fully saturated rings. The first kappa shape index (κ1) is 35.5. The standard InChI is InChI=1S/C56H36N6/c1-4-17-37(18-5-1)40-23-15-26-43(36-40)61-49-31-12-10-27-44(49)45-33-34-51-52(53(45)61)46-28-11-13-32-50(46)62(51)56-59-54(39-21-8-3-9-22-39)58-55(60-56)42-25-14-24-41(35-42)48-30-16-29-47(57-48)38-19-6-2-7-20-38/h1-36H. The van der Waals surface area contributed by atoms with Gasteiger partial charge in [-0.15, -0.1) is 0 Å². The van der Waals surface area contributed by atoms with Gasteiger partial charge in [0.15, 0.2) is 11.6 Å². The molecule has 0 radical (unpaired) electrons. The molecule has 290 valence electrons. The van der Waals surface area contributed by atoms with Crippen LogP contribution in [0.2, 0.25) is 0 Å². The van der Waals surface area contributed by atoms with E-state index in [1.54, 1.807) is 0 Å². The minimum absolute atomic E-state index is 0.544. The number of para-hydroxylation sites is 2. The minimum Gasteiger partial charge on any atom is -0.309 e. The zero-order valence-electron chi connectivity index (χ0n) is 33.5. The van der Waals surface area contributed by atoms with Crippen molar-refractivity contribution in [2.24, 2.45) is 0 Å². The fourth-order valence-electron chi connectivity index (χ4n) is 8.94. The molecule has 0 saturated carbocycles. The van der Waals surface area contributed by atoms with E-state index < -0.39 is 0 Å². The Morgan fingerprint density at radius 2 is 0.839 bits per heavy atom. The van der Waals surface area contributed by atoms with Gasteiger partial charge in [-0.25, -0.2) is 9.97 Å². The van der Waals surface area contributed by atoms with E-state index in [0.717, 1.165) is 72.2 Å². The number of hydrogen-bond donors (Lipinski definition) is 0. The van der Waals surface area contributed by atoms with Crippen LogP contribution >= 0.6 is 0 Å². The summed E-state index contributed by atoms with van der Waals surface area (Å²) in [5.74, 6) is 1.72. The van der Waals surface area contributed by atoms with Gasteiger partial charge in [0.05, 0.1) is 33.5 Å². The SMILES string of the molecule is c1ccc(-c2cccc(-n3c4ccccc4c4ccc5c(c6ccccc6n5-c5nc(-c6ccccc6)nc(-c6cccc(-c7cccc(-c8ccccc8)n7)c6)n5)c43)c2)cc1. The topological polar surface area (TPSA) is 61.4 Å². The number of hydrogen-bond acceptors (Lipinski definition) is 4. The molecule has 8 aromatic carbocycles. The molecule has 0 aliphatic heterocycles. The summed E-state index contributed by atoms with van der Waals surface area (Å²) < 4.78 is 4.63. The van der Waals surface area contributed by atoms with Crippen molar-refractivity contribution in [3.63, 3.8) is 0 Å². The molecule has 0 amide bonds. The third kappa shape index (κ3) is 5.96. The lowest BCUT2D eigenvalue weighted by atomic mass is 10.0. The molecule has 4 heterocycles. The van der Waals surface area contributed by atoms with Gasteiger partial charge in [-0.05, 0) is 59.7 Å². The Balaban J connectivity index is 1.09. The molecular weight excluding hydrogens is 757 g/mol. The smallest absolute Gasteiger partial charge is 0.238 e. The predicted molar refractivity (Wildman–Crippen MR) is 253 cm³/mol. The lowest BCUT2D eigenvalue weighted by molar-refractivity contribution is 0.953. The Morgan fingerprint density at radius 1 is 0.290 bits per heavy atom. The lowest BCUT2D eigenvalue weighted by Crippen LogP contribution is -2.06. The quantitative estimate of drug-likeness (QED) is 0.161. The van der Waals surface area contributed by atoms with E-state index in [4.69, 9.17) is 19.9 Å². The van der Waals surface area contributed by atoms with Crippen molar-refractivity contribution in [3.05, 3.63) is 218 Å². The van der Waals surface area contributed by atoms with Crippen molar-refractivity contribution in [1.82, 2.24) is 29.1 Å². The maximum atomic E-state index is 5.33. The van der Waals surface area contributed by atoms with Crippen LogP contribution in [0.4, 0.5) is 0 Å². The molecule has 4 aromatic heterocycles. The molecule has 0 unspecified atom stereocenters. The van der Waals surface area contributed by atoms with Gasteiger partial charge in [0.2, 0.25) is 5.95 Å². The molecule has 12 rings (SSSR count). The van der Waals surface area contributed by atoms with E-state index in [0.29, 0.717) is 17.6 Å². The van der Waals surface area contributed by atoms with Crippen LogP contribution in [0.3, 0.4) is 0 Å². The van der Waals surface area contributed by atoms with E-state index in [1.807, 2.05) is 42.5 Å². The van der Waals surface area contributed by atoms with Crippen LogP contribution in [0, 0.1) is 0 Å². The molecule has 0 spiro atoms. The minimum atomic E-state index is 0.544. The van der Waals surface area contributed by atoms with Crippen molar-refractivity contribution in [2.45, 2.75) is 0 Å². The highest BCUT2D eigenvalue weighted by molar-refractivity contribution is 6.26. The van der Waals surface area contributed by atoms with Crippen LogP contribution in [0.25, 0.3) is 112 Å². The highest BCUT2D eigenvalue weighted by Gasteiger charge is 2.23. The van der Waals surface area contributed by atoms with Crippen LogP contribution in [0.5, 0.6) is 0 Å². The first-order valence-corrected chi connectivity index (χ1v) is 20.8. The maximum Gasteiger partial charge on any atom is 0.238 e. The van der Waals surface area contributed by atoms with E-state index in [2.05, 4.69) is 185 Å². The van der Waals surface area contributed by atoms with Crippen molar-refractivity contribution < 1.29 is 0 Å². The Kier molecular flexibility index (Phi) is 8.38. The largest absolute Gasteiger partial charge is 0.309 e. The second kappa shape index (κ2) is 14.7. The maximum absolute atomic E-state index is 5.33. The summed E-state index contributed by atoms with van der Waals surface area (Å²) in [6.07, 6.45) is 0. The van der Waals surface area contributed by atoms with Crippen LogP contribution in [-0.4, -0.2) is 29.1 Å². The van der Waals surface area contributed by atoms with Crippen LogP contribution < -0.4 is 0 Å². The van der Waals surface area contributed by atoms with E-state index in [1.165, 1.54) is 21.9 Å². The summed E-state index contributed by atoms with van der Waals surface area (Å²) in [6.45, 7) is 0. The van der Waals surface area contributed by atoms with Crippen molar-refractivity contribution >= 4 is 43.6 Å². The highest BCUT2D eigenvalue weighted by atomic mass is 15.2. The monoisotopic (exact) mass is 792 g/mol. The Labute approximate surface area is 357 Å². The zero-order valence-corrected chi connectivity index (χ0v) is 33.5. The summed E-state index contributed by atoms with van der Waals surface area (Å²) >= 11 is 0. The highest BCUT2D eigenvalue weighted by Crippen LogP contribution is 2.42. The summed E-state index contributed by atoms with van der Waals surface area (Å²) in [5, 5.41) is 4.63. The van der Waals surface area contributed by atoms with Gasteiger partial charge in [0.1, 0.15) is 0 Å². The molecule has 6 nitrogen and oxygen atoms in total. The average Bonchev–Trinajstić information content (AvgIpc) is 3.88. The Bertz CT molecular complexity index is 3630.